The standard InChI is InChI=1S/C15H16N2O2/c18-13-8-19-12-7-3-6-11-14(12)15(17-13)9-4-1-2-5-10(9)16-11/h1-2,4-5,11-12,16H,3,6-8H2,(H,17,18). The maximum absolute atomic E-state index is 11.8. The van der Waals surface area contributed by atoms with Crippen LogP contribution in [0.4, 0.5) is 5.69 Å². The number of hydrogen-bond acceptors (Lipinski definition) is 3. The highest BCUT2D eigenvalue weighted by Gasteiger charge is 2.37. The van der Waals surface area contributed by atoms with Crippen LogP contribution in [0.5, 0.6) is 0 Å². The molecule has 0 aromatic heterocycles. The first-order valence-electron chi connectivity index (χ1n) is 6.84. The van der Waals surface area contributed by atoms with Gasteiger partial charge in [0.05, 0.1) is 17.8 Å². The molecule has 2 unspecified atom stereocenters. The first-order chi connectivity index (χ1) is 9.33. The van der Waals surface area contributed by atoms with E-state index in [1.165, 1.54) is 5.57 Å². The lowest BCUT2D eigenvalue weighted by Crippen LogP contribution is -2.38. The normalized spacial score (nSPS) is 28.7. The second kappa shape index (κ2) is 4.10. The highest BCUT2D eigenvalue weighted by molar-refractivity contribution is 5.93. The summed E-state index contributed by atoms with van der Waals surface area (Å²) in [5, 5.41) is 6.62. The van der Waals surface area contributed by atoms with E-state index in [1.807, 2.05) is 12.1 Å². The molecule has 4 nitrogen and oxygen atoms in total. The zero-order valence-corrected chi connectivity index (χ0v) is 10.6. The van der Waals surface area contributed by atoms with E-state index in [0.717, 1.165) is 36.2 Å². The molecule has 4 rings (SSSR count). The maximum Gasteiger partial charge on any atom is 0.250 e. The molecule has 2 heterocycles. The van der Waals surface area contributed by atoms with Gasteiger partial charge in [0.2, 0.25) is 5.91 Å². The third kappa shape index (κ3) is 1.67. The Morgan fingerprint density at radius 3 is 3.05 bits per heavy atom. The number of hydrogen-bond donors (Lipinski definition) is 2. The Labute approximate surface area is 111 Å². The lowest BCUT2D eigenvalue weighted by molar-refractivity contribution is -0.125. The molecule has 0 spiro atoms. The van der Waals surface area contributed by atoms with Gasteiger partial charge in [-0.2, -0.15) is 0 Å². The van der Waals surface area contributed by atoms with Crippen molar-refractivity contribution in [3.8, 4) is 0 Å². The van der Waals surface area contributed by atoms with Crippen molar-refractivity contribution in [3.63, 3.8) is 0 Å². The van der Waals surface area contributed by atoms with Crippen molar-refractivity contribution in [2.75, 3.05) is 11.9 Å². The largest absolute Gasteiger partial charge is 0.378 e. The van der Waals surface area contributed by atoms with Crippen LogP contribution in [0.1, 0.15) is 24.8 Å². The van der Waals surface area contributed by atoms with Gasteiger partial charge in [0.15, 0.2) is 0 Å². The van der Waals surface area contributed by atoms with Crippen molar-refractivity contribution in [1.82, 2.24) is 5.32 Å². The average molecular weight is 256 g/mol. The molecule has 98 valence electrons. The zero-order valence-electron chi connectivity index (χ0n) is 10.6. The van der Waals surface area contributed by atoms with Gasteiger partial charge in [0.25, 0.3) is 0 Å². The number of carbonyl (C=O) groups excluding carboxylic acids is 1. The van der Waals surface area contributed by atoms with E-state index in [1.54, 1.807) is 0 Å². The molecule has 2 N–H and O–H groups in total. The van der Waals surface area contributed by atoms with Crippen molar-refractivity contribution < 1.29 is 9.53 Å². The summed E-state index contributed by atoms with van der Waals surface area (Å²) in [7, 11) is 0. The summed E-state index contributed by atoms with van der Waals surface area (Å²) in [6, 6.07) is 8.44. The topological polar surface area (TPSA) is 50.4 Å². The zero-order chi connectivity index (χ0) is 12.8. The highest BCUT2D eigenvalue weighted by Crippen LogP contribution is 2.40. The van der Waals surface area contributed by atoms with Crippen molar-refractivity contribution in [2.45, 2.75) is 31.4 Å². The number of ether oxygens (including phenoxy) is 1. The van der Waals surface area contributed by atoms with Crippen LogP contribution in [-0.2, 0) is 9.53 Å². The molecule has 0 saturated heterocycles. The van der Waals surface area contributed by atoms with E-state index in [9.17, 15) is 4.79 Å². The molecule has 1 fully saturated rings. The summed E-state index contributed by atoms with van der Waals surface area (Å²) in [5.74, 6) is -0.0487. The Hall–Kier alpha value is -1.81. The van der Waals surface area contributed by atoms with E-state index in [2.05, 4.69) is 22.8 Å². The van der Waals surface area contributed by atoms with Crippen LogP contribution in [0.3, 0.4) is 0 Å². The van der Waals surface area contributed by atoms with Crippen LogP contribution in [0.15, 0.2) is 29.8 Å². The number of para-hydroxylation sites is 1. The fourth-order valence-electron chi connectivity index (χ4n) is 3.36. The number of nitrogens with one attached hydrogen (secondary N) is 2. The van der Waals surface area contributed by atoms with Crippen molar-refractivity contribution in [3.05, 3.63) is 35.4 Å². The van der Waals surface area contributed by atoms with Gasteiger partial charge in [0.1, 0.15) is 6.61 Å². The smallest absolute Gasteiger partial charge is 0.250 e. The monoisotopic (exact) mass is 256 g/mol. The number of benzene rings is 1. The fourth-order valence-corrected chi connectivity index (χ4v) is 3.36. The summed E-state index contributed by atoms with van der Waals surface area (Å²) >= 11 is 0. The lowest BCUT2D eigenvalue weighted by Gasteiger charge is -2.37. The Balaban J connectivity index is 1.92. The summed E-state index contributed by atoms with van der Waals surface area (Å²) in [6.07, 6.45) is 3.32. The van der Waals surface area contributed by atoms with Gasteiger partial charge in [-0.25, -0.2) is 0 Å². The van der Waals surface area contributed by atoms with Crippen molar-refractivity contribution >= 4 is 17.3 Å². The third-order valence-electron chi connectivity index (χ3n) is 4.18. The molecule has 2 aliphatic heterocycles. The number of fused-ring (bicyclic) bond motifs is 2. The Morgan fingerprint density at radius 1 is 1.21 bits per heavy atom. The molecule has 0 bridgehead atoms. The second-order valence-corrected chi connectivity index (χ2v) is 5.35. The minimum Gasteiger partial charge on any atom is -0.378 e. The predicted octanol–water partition coefficient (Wildman–Crippen LogP) is 1.89. The Kier molecular flexibility index (Phi) is 2.38. The Morgan fingerprint density at radius 2 is 2.11 bits per heavy atom. The molecular formula is C15H16N2O2. The molecule has 1 aliphatic carbocycles. The molecule has 3 aliphatic rings. The second-order valence-electron chi connectivity index (χ2n) is 5.35. The van der Waals surface area contributed by atoms with Crippen molar-refractivity contribution in [1.29, 1.82) is 0 Å². The highest BCUT2D eigenvalue weighted by atomic mass is 16.5. The Bertz CT molecular complexity index is 579. The number of anilines is 1. The molecule has 1 amide bonds. The number of amides is 1. The molecule has 4 heteroatoms. The van der Waals surface area contributed by atoms with Crippen molar-refractivity contribution in [2.24, 2.45) is 0 Å². The van der Waals surface area contributed by atoms with Gasteiger partial charge < -0.3 is 15.4 Å². The fraction of sp³-hybridized carbons (Fsp3) is 0.400. The molecule has 2 atom stereocenters. The summed E-state index contributed by atoms with van der Waals surface area (Å²) < 4.78 is 5.76. The van der Waals surface area contributed by atoms with Gasteiger partial charge in [-0.1, -0.05) is 18.2 Å². The maximum atomic E-state index is 11.8. The van der Waals surface area contributed by atoms with E-state index in [0.29, 0.717) is 6.04 Å². The molecule has 0 radical (unpaired) electrons. The van der Waals surface area contributed by atoms with E-state index in [4.69, 9.17) is 4.74 Å². The van der Waals surface area contributed by atoms with Gasteiger partial charge in [-0.3, -0.25) is 4.79 Å². The number of rotatable bonds is 0. The molecule has 1 saturated carbocycles. The van der Waals surface area contributed by atoms with Gasteiger partial charge in [0, 0.05) is 16.8 Å². The lowest BCUT2D eigenvalue weighted by atomic mass is 9.82. The molecular weight excluding hydrogens is 240 g/mol. The SMILES string of the molecule is O=C1COC2CCCC3Nc4ccccc4C(=C32)N1. The van der Waals surface area contributed by atoms with Crippen LogP contribution < -0.4 is 10.6 Å². The quantitative estimate of drug-likeness (QED) is 0.745. The van der Waals surface area contributed by atoms with E-state index in [-0.39, 0.29) is 18.6 Å². The molecule has 1 aromatic rings. The first kappa shape index (κ1) is 11.1. The predicted molar refractivity (Wildman–Crippen MR) is 72.5 cm³/mol. The van der Waals surface area contributed by atoms with Crippen LogP contribution in [0, 0.1) is 0 Å². The number of carbonyl (C=O) groups is 1. The van der Waals surface area contributed by atoms with Gasteiger partial charge >= 0.3 is 0 Å². The van der Waals surface area contributed by atoms with Gasteiger partial charge in [-0.15, -0.1) is 0 Å². The van der Waals surface area contributed by atoms with Crippen LogP contribution in [0.2, 0.25) is 0 Å². The van der Waals surface area contributed by atoms with Crippen LogP contribution in [0.25, 0.3) is 5.70 Å². The van der Waals surface area contributed by atoms with E-state index >= 15 is 0 Å². The van der Waals surface area contributed by atoms with Crippen LogP contribution >= 0.6 is 0 Å². The summed E-state index contributed by atoms with van der Waals surface area (Å²) in [4.78, 5) is 11.8. The average Bonchev–Trinajstić information content (AvgIpc) is 2.60. The van der Waals surface area contributed by atoms with E-state index < -0.39 is 0 Å². The molecule has 19 heavy (non-hydrogen) atoms. The van der Waals surface area contributed by atoms with Gasteiger partial charge in [-0.05, 0) is 25.3 Å². The summed E-state index contributed by atoms with van der Waals surface area (Å²) in [5.41, 5.74) is 4.40. The van der Waals surface area contributed by atoms with Crippen LogP contribution in [-0.4, -0.2) is 24.7 Å². The molecule has 1 aromatic carbocycles. The minimum absolute atomic E-state index is 0.0487. The third-order valence-corrected chi connectivity index (χ3v) is 4.18. The minimum atomic E-state index is -0.0487. The first-order valence-corrected chi connectivity index (χ1v) is 6.84. The summed E-state index contributed by atoms with van der Waals surface area (Å²) in [6.45, 7) is 0.159.